The molecule has 0 saturated carbocycles. The standard InChI is InChI=1S/C14H18BrClN2O/c1-2-18(11-4-3-7-17-9-11)14(19)10-5-6-13(16)12(15)8-10/h5-6,8,11,17H,2-4,7,9H2,1H3. The lowest BCUT2D eigenvalue weighted by atomic mass is 10.0. The van der Waals surface area contributed by atoms with E-state index in [-0.39, 0.29) is 5.91 Å². The molecule has 5 heteroatoms. The lowest BCUT2D eigenvalue weighted by Crippen LogP contribution is -2.48. The lowest BCUT2D eigenvalue weighted by molar-refractivity contribution is 0.0662. The summed E-state index contributed by atoms with van der Waals surface area (Å²) >= 11 is 9.33. The molecule has 0 radical (unpaired) electrons. The van der Waals surface area contributed by atoms with Crippen molar-refractivity contribution in [2.75, 3.05) is 19.6 Å². The molecule has 0 bridgehead atoms. The normalized spacial score (nSPS) is 19.2. The second-order valence-corrected chi connectivity index (χ2v) is 5.98. The maximum absolute atomic E-state index is 12.6. The van der Waals surface area contributed by atoms with Gasteiger partial charge in [-0.1, -0.05) is 11.6 Å². The van der Waals surface area contributed by atoms with E-state index in [4.69, 9.17) is 11.6 Å². The summed E-state index contributed by atoms with van der Waals surface area (Å²) in [5, 5.41) is 3.98. The monoisotopic (exact) mass is 344 g/mol. The largest absolute Gasteiger partial charge is 0.335 e. The molecule has 19 heavy (non-hydrogen) atoms. The molecule has 0 spiro atoms. The molecule has 2 rings (SSSR count). The van der Waals surface area contributed by atoms with E-state index in [1.54, 1.807) is 18.2 Å². The van der Waals surface area contributed by atoms with Crippen LogP contribution < -0.4 is 5.32 Å². The Morgan fingerprint density at radius 1 is 1.58 bits per heavy atom. The SMILES string of the molecule is CCN(C(=O)c1ccc(Cl)c(Br)c1)C1CCCNC1. The molecule has 1 unspecified atom stereocenters. The minimum absolute atomic E-state index is 0.0774. The molecule has 1 saturated heterocycles. The second-order valence-electron chi connectivity index (χ2n) is 4.72. The third-order valence-corrected chi connectivity index (χ3v) is 4.69. The quantitative estimate of drug-likeness (QED) is 0.911. The lowest BCUT2D eigenvalue weighted by Gasteiger charge is -2.34. The molecular formula is C14H18BrClN2O. The zero-order valence-corrected chi connectivity index (χ0v) is 13.3. The zero-order chi connectivity index (χ0) is 13.8. The van der Waals surface area contributed by atoms with E-state index in [2.05, 4.69) is 21.2 Å². The van der Waals surface area contributed by atoms with Crippen molar-refractivity contribution in [2.24, 2.45) is 0 Å². The number of likely N-dealkylation sites (N-methyl/N-ethyl adjacent to an activating group) is 1. The Morgan fingerprint density at radius 2 is 2.37 bits per heavy atom. The van der Waals surface area contributed by atoms with Crippen molar-refractivity contribution in [3.05, 3.63) is 33.3 Å². The maximum Gasteiger partial charge on any atom is 0.254 e. The minimum Gasteiger partial charge on any atom is -0.335 e. The molecule has 1 N–H and O–H groups in total. The number of nitrogens with zero attached hydrogens (tertiary/aromatic N) is 1. The van der Waals surface area contributed by atoms with Crippen LogP contribution in [0.15, 0.2) is 22.7 Å². The Hall–Kier alpha value is -0.580. The number of hydrogen-bond acceptors (Lipinski definition) is 2. The van der Waals surface area contributed by atoms with Crippen LogP contribution in [0.5, 0.6) is 0 Å². The molecule has 1 aliphatic heterocycles. The van der Waals surface area contributed by atoms with Crippen molar-refractivity contribution in [1.82, 2.24) is 10.2 Å². The van der Waals surface area contributed by atoms with E-state index in [0.717, 1.165) is 36.9 Å². The summed E-state index contributed by atoms with van der Waals surface area (Å²) < 4.78 is 0.762. The fourth-order valence-electron chi connectivity index (χ4n) is 2.46. The molecule has 104 valence electrons. The van der Waals surface area contributed by atoms with Gasteiger partial charge in [-0.2, -0.15) is 0 Å². The molecular weight excluding hydrogens is 328 g/mol. The summed E-state index contributed by atoms with van der Waals surface area (Å²) in [7, 11) is 0. The Kier molecular flexibility index (Phi) is 5.25. The van der Waals surface area contributed by atoms with E-state index in [9.17, 15) is 4.79 Å². The van der Waals surface area contributed by atoms with Gasteiger partial charge in [0.15, 0.2) is 0 Å². The summed E-state index contributed by atoms with van der Waals surface area (Å²) in [6, 6.07) is 5.63. The van der Waals surface area contributed by atoms with Gasteiger partial charge in [-0.25, -0.2) is 0 Å². The van der Waals surface area contributed by atoms with E-state index < -0.39 is 0 Å². The first kappa shape index (κ1) is 14.8. The molecule has 0 aliphatic carbocycles. The number of benzene rings is 1. The Morgan fingerprint density at radius 3 is 2.95 bits per heavy atom. The van der Waals surface area contributed by atoms with Gasteiger partial charge in [-0.05, 0) is 60.4 Å². The fraction of sp³-hybridized carbons (Fsp3) is 0.500. The zero-order valence-electron chi connectivity index (χ0n) is 11.0. The van der Waals surface area contributed by atoms with Crippen LogP contribution >= 0.6 is 27.5 Å². The van der Waals surface area contributed by atoms with Crippen LogP contribution in [0.2, 0.25) is 5.02 Å². The Balaban J connectivity index is 2.17. The molecule has 1 fully saturated rings. The predicted molar refractivity (Wildman–Crippen MR) is 81.8 cm³/mol. The summed E-state index contributed by atoms with van der Waals surface area (Å²) in [4.78, 5) is 14.5. The number of hydrogen-bond donors (Lipinski definition) is 1. The van der Waals surface area contributed by atoms with Crippen molar-refractivity contribution in [3.8, 4) is 0 Å². The van der Waals surface area contributed by atoms with Gasteiger partial charge in [0.05, 0.1) is 5.02 Å². The van der Waals surface area contributed by atoms with E-state index in [0.29, 0.717) is 16.6 Å². The van der Waals surface area contributed by atoms with E-state index in [1.165, 1.54) is 0 Å². The van der Waals surface area contributed by atoms with E-state index in [1.807, 2.05) is 11.8 Å². The van der Waals surface area contributed by atoms with Gasteiger partial charge in [0.2, 0.25) is 0 Å². The molecule has 3 nitrogen and oxygen atoms in total. The van der Waals surface area contributed by atoms with Crippen LogP contribution in [0, 0.1) is 0 Å². The first-order chi connectivity index (χ1) is 9.13. The van der Waals surface area contributed by atoms with E-state index >= 15 is 0 Å². The van der Waals surface area contributed by atoms with Crippen molar-refractivity contribution in [3.63, 3.8) is 0 Å². The smallest absolute Gasteiger partial charge is 0.254 e. The number of halogens is 2. The molecule has 1 aliphatic rings. The minimum atomic E-state index is 0.0774. The predicted octanol–water partition coefficient (Wildman–Crippen LogP) is 3.32. The Labute approximate surface area is 127 Å². The van der Waals surface area contributed by atoms with Gasteiger partial charge >= 0.3 is 0 Å². The van der Waals surface area contributed by atoms with Crippen LogP contribution in [-0.4, -0.2) is 36.5 Å². The third-order valence-electron chi connectivity index (χ3n) is 3.48. The summed E-state index contributed by atoms with van der Waals surface area (Å²) in [6.45, 7) is 4.69. The molecule has 1 atom stereocenters. The van der Waals surface area contributed by atoms with Crippen LogP contribution in [0.3, 0.4) is 0 Å². The van der Waals surface area contributed by atoms with Gasteiger partial charge in [0, 0.05) is 29.2 Å². The van der Waals surface area contributed by atoms with Crippen molar-refractivity contribution in [2.45, 2.75) is 25.8 Å². The van der Waals surface area contributed by atoms with Gasteiger partial charge in [-0.15, -0.1) is 0 Å². The van der Waals surface area contributed by atoms with Gasteiger partial charge in [0.1, 0.15) is 0 Å². The van der Waals surface area contributed by atoms with Crippen LogP contribution in [-0.2, 0) is 0 Å². The average molecular weight is 346 g/mol. The molecule has 1 aromatic carbocycles. The summed E-state index contributed by atoms with van der Waals surface area (Å²) in [6.07, 6.45) is 2.19. The first-order valence-corrected chi connectivity index (χ1v) is 7.77. The van der Waals surface area contributed by atoms with Crippen molar-refractivity contribution >= 4 is 33.4 Å². The highest BCUT2D eigenvalue weighted by Crippen LogP contribution is 2.24. The highest BCUT2D eigenvalue weighted by atomic mass is 79.9. The molecule has 1 heterocycles. The number of rotatable bonds is 3. The molecule has 1 amide bonds. The molecule has 1 aromatic rings. The maximum atomic E-state index is 12.6. The van der Waals surface area contributed by atoms with Crippen LogP contribution in [0.4, 0.5) is 0 Å². The van der Waals surface area contributed by atoms with Crippen LogP contribution in [0.25, 0.3) is 0 Å². The fourth-order valence-corrected chi connectivity index (χ4v) is 2.96. The van der Waals surface area contributed by atoms with Gasteiger partial charge in [0.25, 0.3) is 5.91 Å². The number of piperidine rings is 1. The van der Waals surface area contributed by atoms with Crippen molar-refractivity contribution in [1.29, 1.82) is 0 Å². The molecule has 0 aromatic heterocycles. The highest BCUT2D eigenvalue weighted by molar-refractivity contribution is 9.10. The van der Waals surface area contributed by atoms with Gasteiger partial charge in [-0.3, -0.25) is 4.79 Å². The van der Waals surface area contributed by atoms with Crippen molar-refractivity contribution < 1.29 is 4.79 Å². The summed E-state index contributed by atoms with van der Waals surface area (Å²) in [5.41, 5.74) is 0.684. The average Bonchev–Trinajstić information content (AvgIpc) is 2.44. The number of amides is 1. The summed E-state index contributed by atoms with van der Waals surface area (Å²) in [5.74, 6) is 0.0774. The van der Waals surface area contributed by atoms with Gasteiger partial charge < -0.3 is 10.2 Å². The van der Waals surface area contributed by atoms with Crippen LogP contribution in [0.1, 0.15) is 30.1 Å². The third kappa shape index (κ3) is 3.50. The number of carbonyl (C=O) groups excluding carboxylic acids is 1. The first-order valence-electron chi connectivity index (χ1n) is 6.60. The Bertz CT molecular complexity index is 461. The highest BCUT2D eigenvalue weighted by Gasteiger charge is 2.25. The number of nitrogens with one attached hydrogen (secondary N) is 1. The topological polar surface area (TPSA) is 32.3 Å². The second kappa shape index (κ2) is 6.73. The number of carbonyl (C=O) groups is 1.